The minimum Gasteiger partial charge on any atom is -0.497 e. The molecule has 1 rings (SSSR count). The normalized spacial score (nSPS) is 11.4. The summed E-state index contributed by atoms with van der Waals surface area (Å²) in [6, 6.07) is 7.90. The average molecular weight is 301 g/mol. The molecule has 114 valence electrons. The third-order valence-electron chi connectivity index (χ3n) is 3.27. The molecule has 0 spiro atoms. The van der Waals surface area contributed by atoms with Crippen molar-refractivity contribution in [3.63, 3.8) is 0 Å². The molecule has 1 aromatic carbocycles. The van der Waals surface area contributed by atoms with E-state index in [-0.39, 0.29) is 24.2 Å². The maximum atomic E-state index is 12.1. The lowest BCUT2D eigenvalue weighted by Crippen LogP contribution is -2.33. The number of carbonyl (C=O) groups is 1. The summed E-state index contributed by atoms with van der Waals surface area (Å²) < 4.78 is 5.21. The Kier molecular flexibility index (Phi) is 9.01. The number of nitrogens with one attached hydrogen (secondary N) is 1. The van der Waals surface area contributed by atoms with Gasteiger partial charge in [-0.1, -0.05) is 19.1 Å². The van der Waals surface area contributed by atoms with Crippen LogP contribution >= 0.6 is 12.4 Å². The van der Waals surface area contributed by atoms with Crippen molar-refractivity contribution in [1.82, 2.24) is 10.2 Å². The molecule has 1 unspecified atom stereocenters. The van der Waals surface area contributed by atoms with E-state index in [4.69, 9.17) is 4.74 Å². The van der Waals surface area contributed by atoms with E-state index in [9.17, 15) is 4.79 Å². The fourth-order valence-electron chi connectivity index (χ4n) is 1.89. The Labute approximate surface area is 127 Å². The van der Waals surface area contributed by atoms with Gasteiger partial charge in [-0.15, -0.1) is 12.4 Å². The molecular weight excluding hydrogens is 276 g/mol. The first kappa shape index (κ1) is 18.7. The third-order valence-corrected chi connectivity index (χ3v) is 3.27. The van der Waals surface area contributed by atoms with E-state index in [2.05, 4.69) is 12.2 Å². The zero-order valence-corrected chi connectivity index (χ0v) is 13.5. The highest BCUT2D eigenvalue weighted by atomic mass is 35.5. The van der Waals surface area contributed by atoms with Crippen LogP contribution < -0.4 is 10.1 Å². The average Bonchev–Trinajstić information content (AvgIpc) is 2.44. The first-order valence-electron chi connectivity index (χ1n) is 6.61. The molecule has 20 heavy (non-hydrogen) atoms. The van der Waals surface area contributed by atoms with Crippen LogP contribution in [0.15, 0.2) is 24.3 Å². The number of amides is 1. The van der Waals surface area contributed by atoms with Gasteiger partial charge in [0.25, 0.3) is 0 Å². The van der Waals surface area contributed by atoms with Gasteiger partial charge in [-0.05, 0) is 30.7 Å². The number of hydrogen-bond acceptors (Lipinski definition) is 3. The predicted molar refractivity (Wildman–Crippen MR) is 84.8 cm³/mol. The van der Waals surface area contributed by atoms with Gasteiger partial charge in [0.2, 0.25) is 5.91 Å². The first-order chi connectivity index (χ1) is 9.08. The largest absolute Gasteiger partial charge is 0.497 e. The Bertz CT molecular complexity index is 413. The molecule has 0 aliphatic carbocycles. The van der Waals surface area contributed by atoms with Crippen LogP contribution in [0.2, 0.25) is 0 Å². The highest BCUT2D eigenvalue weighted by molar-refractivity contribution is 5.85. The molecule has 0 saturated carbocycles. The fraction of sp³-hybridized carbons (Fsp3) is 0.533. The van der Waals surface area contributed by atoms with E-state index in [1.165, 1.54) is 0 Å². The lowest BCUT2D eigenvalue weighted by molar-refractivity contribution is -0.130. The number of methoxy groups -OCH3 is 1. The molecular formula is C15H25ClN2O2. The second-order valence-corrected chi connectivity index (χ2v) is 4.80. The van der Waals surface area contributed by atoms with Crippen LogP contribution in [0.1, 0.15) is 24.8 Å². The van der Waals surface area contributed by atoms with E-state index >= 15 is 0 Å². The van der Waals surface area contributed by atoms with Crippen LogP contribution in [0.25, 0.3) is 0 Å². The number of hydrogen-bond donors (Lipinski definition) is 1. The molecule has 0 aromatic heterocycles. The van der Waals surface area contributed by atoms with Gasteiger partial charge in [0, 0.05) is 26.6 Å². The molecule has 0 fully saturated rings. The van der Waals surface area contributed by atoms with Crippen molar-refractivity contribution in [2.45, 2.75) is 19.3 Å². The topological polar surface area (TPSA) is 41.6 Å². The summed E-state index contributed by atoms with van der Waals surface area (Å²) in [5.74, 6) is 1.20. The Morgan fingerprint density at radius 2 is 2.15 bits per heavy atom. The summed E-state index contributed by atoms with van der Waals surface area (Å²) in [7, 11) is 5.38. The van der Waals surface area contributed by atoms with E-state index in [1.807, 2.05) is 38.4 Å². The number of likely N-dealkylation sites (N-methyl/N-ethyl adjacent to an activating group) is 2. The molecule has 0 heterocycles. The van der Waals surface area contributed by atoms with Gasteiger partial charge in [-0.25, -0.2) is 0 Å². The summed E-state index contributed by atoms with van der Waals surface area (Å²) in [6.07, 6.45) is 0.521. The first-order valence-corrected chi connectivity index (χ1v) is 6.61. The third kappa shape index (κ3) is 5.80. The van der Waals surface area contributed by atoms with Crippen LogP contribution in [0.5, 0.6) is 5.75 Å². The van der Waals surface area contributed by atoms with Crippen molar-refractivity contribution in [3.8, 4) is 5.75 Å². The maximum Gasteiger partial charge on any atom is 0.222 e. The standard InChI is InChI=1S/C15H24N2O2.ClH/c1-12(10-15(18)17(3)9-8-16-2)13-6-5-7-14(11-13)19-4;/h5-7,11-12,16H,8-10H2,1-4H3;1H. The Morgan fingerprint density at radius 3 is 2.75 bits per heavy atom. The van der Waals surface area contributed by atoms with Crippen LogP contribution in [0, 0.1) is 0 Å². The van der Waals surface area contributed by atoms with Crippen LogP contribution in [-0.2, 0) is 4.79 Å². The second kappa shape index (κ2) is 9.61. The zero-order chi connectivity index (χ0) is 14.3. The van der Waals surface area contributed by atoms with Gasteiger partial charge >= 0.3 is 0 Å². The highest BCUT2D eigenvalue weighted by Gasteiger charge is 2.14. The van der Waals surface area contributed by atoms with Gasteiger partial charge < -0.3 is 15.0 Å². The Hall–Kier alpha value is -1.26. The second-order valence-electron chi connectivity index (χ2n) is 4.80. The van der Waals surface area contributed by atoms with Gasteiger partial charge in [0.15, 0.2) is 0 Å². The predicted octanol–water partition coefficient (Wildman–Crippen LogP) is 2.29. The summed E-state index contributed by atoms with van der Waals surface area (Å²) in [4.78, 5) is 13.8. The molecule has 0 radical (unpaired) electrons. The number of halogens is 1. The van der Waals surface area contributed by atoms with Crippen LogP contribution in [0.4, 0.5) is 0 Å². The number of rotatable bonds is 7. The van der Waals surface area contributed by atoms with Crippen molar-refractivity contribution in [1.29, 1.82) is 0 Å². The number of carbonyl (C=O) groups excluding carboxylic acids is 1. The molecule has 1 amide bonds. The minimum atomic E-state index is 0. The molecule has 1 atom stereocenters. The summed E-state index contributed by atoms with van der Waals surface area (Å²) in [6.45, 7) is 3.62. The quantitative estimate of drug-likeness (QED) is 0.840. The monoisotopic (exact) mass is 300 g/mol. The van der Waals surface area contributed by atoms with Gasteiger partial charge in [0.1, 0.15) is 5.75 Å². The molecule has 0 aliphatic heterocycles. The van der Waals surface area contributed by atoms with Crippen LogP contribution in [-0.4, -0.2) is 45.1 Å². The lowest BCUT2D eigenvalue weighted by Gasteiger charge is -2.20. The number of benzene rings is 1. The van der Waals surface area contributed by atoms with Crippen LogP contribution in [0.3, 0.4) is 0 Å². The van der Waals surface area contributed by atoms with E-state index in [1.54, 1.807) is 12.0 Å². The molecule has 4 nitrogen and oxygen atoms in total. The van der Waals surface area contributed by atoms with Crippen molar-refractivity contribution in [3.05, 3.63) is 29.8 Å². The molecule has 5 heteroatoms. The number of nitrogens with zero attached hydrogens (tertiary/aromatic N) is 1. The fourth-order valence-corrected chi connectivity index (χ4v) is 1.89. The maximum absolute atomic E-state index is 12.1. The summed E-state index contributed by atoms with van der Waals surface area (Å²) in [5.41, 5.74) is 1.13. The van der Waals surface area contributed by atoms with Crippen molar-refractivity contribution in [2.75, 3.05) is 34.3 Å². The van der Waals surface area contributed by atoms with Crippen molar-refractivity contribution >= 4 is 18.3 Å². The van der Waals surface area contributed by atoms with E-state index in [0.717, 1.165) is 24.4 Å². The highest BCUT2D eigenvalue weighted by Crippen LogP contribution is 2.23. The van der Waals surface area contributed by atoms with Gasteiger partial charge in [-0.3, -0.25) is 4.79 Å². The molecule has 0 bridgehead atoms. The smallest absolute Gasteiger partial charge is 0.222 e. The molecule has 0 aliphatic rings. The van der Waals surface area contributed by atoms with E-state index < -0.39 is 0 Å². The van der Waals surface area contributed by atoms with Crippen molar-refractivity contribution in [2.24, 2.45) is 0 Å². The van der Waals surface area contributed by atoms with Gasteiger partial charge in [0.05, 0.1) is 7.11 Å². The molecule has 1 aromatic rings. The Morgan fingerprint density at radius 1 is 1.45 bits per heavy atom. The molecule has 1 N–H and O–H groups in total. The summed E-state index contributed by atoms with van der Waals surface area (Å²) >= 11 is 0. The molecule has 0 saturated heterocycles. The number of ether oxygens (including phenoxy) is 1. The minimum absolute atomic E-state index is 0. The SMILES string of the molecule is CNCCN(C)C(=O)CC(C)c1cccc(OC)c1.Cl. The lowest BCUT2D eigenvalue weighted by atomic mass is 9.97. The van der Waals surface area contributed by atoms with E-state index in [0.29, 0.717) is 6.42 Å². The van der Waals surface area contributed by atoms with Gasteiger partial charge in [-0.2, -0.15) is 0 Å². The van der Waals surface area contributed by atoms with Crippen molar-refractivity contribution < 1.29 is 9.53 Å². The summed E-state index contributed by atoms with van der Waals surface area (Å²) in [5, 5.41) is 3.04. The zero-order valence-electron chi connectivity index (χ0n) is 12.7. The Balaban J connectivity index is 0.00000361.